The van der Waals surface area contributed by atoms with E-state index in [1.54, 1.807) is 0 Å². The number of pyridine rings is 1. The van der Waals surface area contributed by atoms with E-state index in [2.05, 4.69) is 5.32 Å². The molecule has 0 radical (unpaired) electrons. The van der Waals surface area contributed by atoms with Gasteiger partial charge in [-0.25, -0.2) is 4.79 Å². The molecule has 2 amide bonds. The number of carbonyl (C=O) groups excluding carboxylic acids is 1. The summed E-state index contributed by atoms with van der Waals surface area (Å²) in [6.07, 6.45) is 4.83. The lowest BCUT2D eigenvalue weighted by Gasteiger charge is -2.43. The Morgan fingerprint density at radius 3 is 2.59 bits per heavy atom. The Kier molecular flexibility index (Phi) is 5.50. The van der Waals surface area contributed by atoms with Crippen molar-refractivity contribution in [2.75, 3.05) is 13.1 Å². The molecule has 2 aliphatic rings. The zero-order valence-corrected chi connectivity index (χ0v) is 17.5. The number of amides is 2. The number of nitrogens with one attached hydrogen (secondary N) is 1. The largest absolute Gasteiger partial charge is 0.336 e. The lowest BCUT2D eigenvalue weighted by Crippen LogP contribution is -2.53. The van der Waals surface area contributed by atoms with Gasteiger partial charge in [-0.15, -0.1) is 0 Å². The number of aromatic nitrogens is 1. The Hall–Kier alpha value is -2.53. The van der Waals surface area contributed by atoms with Crippen LogP contribution in [-0.4, -0.2) is 34.6 Å². The highest BCUT2D eigenvalue weighted by Gasteiger charge is 2.36. The van der Waals surface area contributed by atoms with Crippen molar-refractivity contribution >= 4 is 29.8 Å². The molecule has 2 aliphatic heterocycles. The number of piperidine rings is 1. The highest BCUT2D eigenvalue weighted by Crippen LogP contribution is 2.35. The lowest BCUT2D eigenvalue weighted by atomic mass is 9.83. The van der Waals surface area contributed by atoms with Gasteiger partial charge in [-0.2, -0.15) is 0 Å². The summed E-state index contributed by atoms with van der Waals surface area (Å²) < 4.78 is 1.91. The van der Waals surface area contributed by atoms with E-state index in [9.17, 15) is 9.59 Å². The first-order chi connectivity index (χ1) is 13.9. The summed E-state index contributed by atoms with van der Waals surface area (Å²) in [6.45, 7) is 5.96. The van der Waals surface area contributed by atoms with Crippen molar-refractivity contribution in [1.29, 1.82) is 0 Å². The van der Waals surface area contributed by atoms with Gasteiger partial charge in [0.15, 0.2) is 0 Å². The van der Waals surface area contributed by atoms with Crippen LogP contribution in [0.2, 0.25) is 5.02 Å². The van der Waals surface area contributed by atoms with Gasteiger partial charge in [-0.3, -0.25) is 4.79 Å². The fourth-order valence-corrected chi connectivity index (χ4v) is 4.48. The first kappa shape index (κ1) is 19.8. The summed E-state index contributed by atoms with van der Waals surface area (Å²) in [5, 5.41) is 3.68. The molecule has 0 aliphatic carbocycles. The third-order valence-corrected chi connectivity index (χ3v) is 5.91. The number of hydrogen-bond donors (Lipinski definition) is 1. The number of halogens is 1. The Morgan fingerprint density at radius 2 is 1.86 bits per heavy atom. The van der Waals surface area contributed by atoms with E-state index in [-0.39, 0.29) is 23.6 Å². The molecule has 0 spiro atoms. The summed E-state index contributed by atoms with van der Waals surface area (Å²) in [5.74, 6) is 0.523. The van der Waals surface area contributed by atoms with Gasteiger partial charge in [0.1, 0.15) is 0 Å². The number of hydrogen-bond acceptors (Lipinski definition) is 2. The maximum atomic E-state index is 13.1. The number of benzene rings is 1. The van der Waals surface area contributed by atoms with Crippen molar-refractivity contribution < 1.29 is 4.79 Å². The quantitative estimate of drug-likeness (QED) is 0.822. The number of urea groups is 1. The summed E-state index contributed by atoms with van der Waals surface area (Å²) in [6, 6.07) is 11.6. The van der Waals surface area contributed by atoms with Gasteiger partial charge in [0, 0.05) is 47.9 Å². The van der Waals surface area contributed by atoms with Crippen LogP contribution in [0.15, 0.2) is 41.2 Å². The van der Waals surface area contributed by atoms with E-state index in [1.807, 2.05) is 71.9 Å². The number of carbonyl (C=O) groups is 1. The average Bonchev–Trinajstić information content (AvgIpc) is 2.68. The molecule has 3 heterocycles. The Balaban J connectivity index is 1.56. The van der Waals surface area contributed by atoms with Crippen LogP contribution in [0.4, 0.5) is 4.79 Å². The Bertz CT molecular complexity index is 994. The third-order valence-electron chi connectivity index (χ3n) is 5.66. The third kappa shape index (κ3) is 4.25. The van der Waals surface area contributed by atoms with Gasteiger partial charge in [0.25, 0.3) is 5.56 Å². The minimum Gasteiger partial charge on any atom is -0.336 e. The smallest absolute Gasteiger partial charge is 0.317 e. The highest BCUT2D eigenvalue weighted by atomic mass is 35.5. The normalized spacial score (nSPS) is 20.8. The molecule has 2 aromatic rings. The maximum Gasteiger partial charge on any atom is 0.317 e. The monoisotopic (exact) mass is 411 g/mol. The maximum absolute atomic E-state index is 13.1. The fraction of sp³-hybridized carbons (Fsp3) is 0.391. The summed E-state index contributed by atoms with van der Waals surface area (Å²) in [7, 11) is 0. The van der Waals surface area contributed by atoms with Gasteiger partial charge < -0.3 is 14.8 Å². The molecule has 152 valence electrons. The van der Waals surface area contributed by atoms with Gasteiger partial charge in [0.05, 0.1) is 0 Å². The summed E-state index contributed by atoms with van der Waals surface area (Å²) in [5.41, 5.74) is 2.76. The Morgan fingerprint density at radius 1 is 1.10 bits per heavy atom. The second kappa shape index (κ2) is 8.07. The van der Waals surface area contributed by atoms with Gasteiger partial charge >= 0.3 is 6.03 Å². The molecule has 1 aromatic heterocycles. The first-order valence-corrected chi connectivity index (χ1v) is 10.5. The summed E-state index contributed by atoms with van der Waals surface area (Å²) in [4.78, 5) is 27.4. The van der Waals surface area contributed by atoms with Crippen molar-refractivity contribution in [2.45, 2.75) is 38.8 Å². The predicted molar refractivity (Wildman–Crippen MR) is 117 cm³/mol. The molecule has 6 heteroatoms. The number of likely N-dealkylation sites (tertiary alicyclic amines) is 1. The van der Waals surface area contributed by atoms with Crippen molar-refractivity contribution in [3.63, 3.8) is 0 Å². The van der Waals surface area contributed by atoms with E-state index in [0.717, 1.165) is 17.7 Å². The van der Waals surface area contributed by atoms with Crippen molar-refractivity contribution in [2.24, 2.45) is 5.92 Å². The number of nitrogens with zero attached hydrogens (tertiary/aromatic N) is 2. The predicted octanol–water partition coefficient (Wildman–Crippen LogP) is 4.21. The van der Waals surface area contributed by atoms with Crippen LogP contribution in [0.1, 0.15) is 43.0 Å². The second-order valence-electron chi connectivity index (χ2n) is 8.32. The molecule has 2 atom stereocenters. The second-order valence-corrected chi connectivity index (χ2v) is 8.76. The van der Waals surface area contributed by atoms with Gasteiger partial charge in [-0.05, 0) is 62.1 Å². The van der Waals surface area contributed by atoms with Crippen LogP contribution in [-0.2, 0) is 6.54 Å². The van der Waals surface area contributed by atoms with Crippen LogP contribution in [0.25, 0.3) is 12.2 Å². The van der Waals surface area contributed by atoms with E-state index in [4.69, 9.17) is 11.6 Å². The van der Waals surface area contributed by atoms with Crippen LogP contribution in [0.3, 0.4) is 0 Å². The fourth-order valence-electron chi connectivity index (χ4n) is 4.35. The molecular weight excluding hydrogens is 386 g/mol. The van der Waals surface area contributed by atoms with Gasteiger partial charge in [-0.1, -0.05) is 29.8 Å². The van der Waals surface area contributed by atoms with Crippen molar-refractivity contribution in [1.82, 2.24) is 14.8 Å². The minimum absolute atomic E-state index is 0.00647. The van der Waals surface area contributed by atoms with Gasteiger partial charge in [0.2, 0.25) is 0 Å². The Labute approximate surface area is 176 Å². The molecule has 0 saturated carbocycles. The standard InChI is InChI=1S/C23H26ClN3O2/c1-15(2)25-23(29)26-12-17-11-19(14-26)21-10-7-18(22(28)27(21)13-17)6-3-16-4-8-20(24)9-5-16/h3-10,15,17,19H,11-14H2,1-2H3,(H,25,29)/t17-,19-/m1/s1. The zero-order chi connectivity index (χ0) is 20.5. The average molecular weight is 412 g/mol. The van der Waals surface area contributed by atoms with Crippen molar-refractivity contribution in [3.8, 4) is 0 Å². The topological polar surface area (TPSA) is 54.3 Å². The highest BCUT2D eigenvalue weighted by molar-refractivity contribution is 6.30. The molecule has 1 N–H and O–H groups in total. The van der Waals surface area contributed by atoms with Crippen LogP contribution < -0.4 is 10.9 Å². The number of rotatable bonds is 3. The van der Waals surface area contributed by atoms with E-state index >= 15 is 0 Å². The molecular formula is C23H26ClN3O2. The van der Waals surface area contributed by atoms with E-state index in [0.29, 0.717) is 36.1 Å². The lowest BCUT2D eigenvalue weighted by molar-refractivity contribution is 0.129. The zero-order valence-electron chi connectivity index (χ0n) is 16.8. The van der Waals surface area contributed by atoms with Crippen LogP contribution in [0, 0.1) is 5.92 Å². The molecule has 2 bridgehead atoms. The molecule has 4 rings (SSSR count). The van der Waals surface area contributed by atoms with Crippen molar-refractivity contribution in [3.05, 3.63) is 68.6 Å². The molecule has 5 nitrogen and oxygen atoms in total. The molecule has 0 unspecified atom stereocenters. The minimum atomic E-state index is -0.00647. The number of fused-ring (bicyclic) bond motifs is 4. The van der Waals surface area contributed by atoms with Crippen LogP contribution >= 0.6 is 11.6 Å². The van der Waals surface area contributed by atoms with E-state index < -0.39 is 0 Å². The summed E-state index contributed by atoms with van der Waals surface area (Å²) >= 11 is 5.93. The first-order valence-electron chi connectivity index (χ1n) is 10.1. The van der Waals surface area contributed by atoms with Crippen LogP contribution in [0.5, 0.6) is 0 Å². The molecule has 1 saturated heterocycles. The molecule has 1 fully saturated rings. The SMILES string of the molecule is CC(C)NC(=O)N1C[C@H]2C[C@H](C1)c1ccc(C=Cc3ccc(Cl)cc3)c(=O)n1C2. The molecule has 1 aromatic carbocycles. The van der Waals surface area contributed by atoms with E-state index in [1.165, 1.54) is 0 Å². The molecule has 29 heavy (non-hydrogen) atoms.